The van der Waals surface area contributed by atoms with Crippen molar-refractivity contribution in [2.75, 3.05) is 25.0 Å². The molecule has 0 aliphatic carbocycles. The van der Waals surface area contributed by atoms with Crippen molar-refractivity contribution in [2.24, 2.45) is 5.92 Å². The van der Waals surface area contributed by atoms with E-state index in [0.717, 1.165) is 5.56 Å². The predicted molar refractivity (Wildman–Crippen MR) is 132 cm³/mol. The second-order valence-electron chi connectivity index (χ2n) is 9.06. The summed E-state index contributed by atoms with van der Waals surface area (Å²) in [5.74, 6) is -1.36. The van der Waals surface area contributed by atoms with Crippen LogP contribution in [0, 0.1) is 5.92 Å². The molecule has 2 N–H and O–H groups in total. The number of H-pyrrole nitrogens is 1. The number of nitrogens with zero attached hydrogens (tertiary/aromatic N) is 2. The Balaban J connectivity index is 1.11. The van der Waals surface area contributed by atoms with Gasteiger partial charge in [-0.05, 0) is 42.7 Å². The minimum Gasteiger partial charge on any atom is -0.445 e. The third-order valence-electron chi connectivity index (χ3n) is 6.66. The predicted octanol–water partition coefficient (Wildman–Crippen LogP) is 3.36. The Labute approximate surface area is 211 Å². The van der Waals surface area contributed by atoms with Crippen molar-refractivity contribution in [1.29, 1.82) is 0 Å². The first-order valence-corrected chi connectivity index (χ1v) is 12.1. The van der Waals surface area contributed by atoms with Crippen molar-refractivity contribution >= 4 is 46.3 Å². The van der Waals surface area contributed by atoms with Crippen molar-refractivity contribution in [3.63, 3.8) is 0 Å². The fraction of sp³-hybridized carbons (Fsp3) is 0.360. The summed E-state index contributed by atoms with van der Waals surface area (Å²) in [5, 5.41) is 3.43. The Morgan fingerprint density at radius 3 is 2.61 bits per heavy atom. The van der Waals surface area contributed by atoms with Crippen LogP contribution in [0.3, 0.4) is 0 Å². The number of piperidine rings is 1. The SMILES string of the molecule is O=C(Nc1ccc2[nH]c(=O)oc2c1)C1CC(=O)N(C2CCN(C(=O)OCc3ccc(Cl)cc3)CC2)C1. The molecule has 188 valence electrons. The molecule has 2 saturated heterocycles. The number of carbonyl (C=O) groups is 3. The Morgan fingerprint density at radius 2 is 1.86 bits per heavy atom. The number of amides is 3. The van der Waals surface area contributed by atoms with Crippen LogP contribution in [0.1, 0.15) is 24.8 Å². The first-order chi connectivity index (χ1) is 17.4. The fourth-order valence-corrected chi connectivity index (χ4v) is 4.83. The number of aromatic nitrogens is 1. The third-order valence-corrected chi connectivity index (χ3v) is 6.91. The maximum atomic E-state index is 12.8. The molecule has 36 heavy (non-hydrogen) atoms. The lowest BCUT2D eigenvalue weighted by Gasteiger charge is -2.36. The molecule has 3 heterocycles. The quantitative estimate of drug-likeness (QED) is 0.540. The van der Waals surface area contributed by atoms with E-state index in [0.29, 0.717) is 54.3 Å². The Hall–Kier alpha value is -3.79. The maximum Gasteiger partial charge on any atom is 0.417 e. The van der Waals surface area contributed by atoms with E-state index in [4.69, 9.17) is 20.8 Å². The van der Waals surface area contributed by atoms with Crippen LogP contribution >= 0.6 is 11.6 Å². The Bertz CT molecular complexity index is 1340. The summed E-state index contributed by atoms with van der Waals surface area (Å²) in [6.45, 7) is 1.46. The first kappa shape index (κ1) is 23.9. The van der Waals surface area contributed by atoms with E-state index < -0.39 is 11.7 Å². The molecule has 2 fully saturated rings. The molecule has 0 saturated carbocycles. The van der Waals surface area contributed by atoms with E-state index >= 15 is 0 Å². The average Bonchev–Trinajstić information content (AvgIpc) is 3.45. The van der Waals surface area contributed by atoms with Crippen LogP contribution in [0.25, 0.3) is 11.1 Å². The van der Waals surface area contributed by atoms with Gasteiger partial charge in [0.15, 0.2) is 5.58 Å². The number of hydrogen-bond donors (Lipinski definition) is 2. The first-order valence-electron chi connectivity index (χ1n) is 11.7. The molecule has 0 radical (unpaired) electrons. The molecular formula is C25H25ClN4O6. The van der Waals surface area contributed by atoms with E-state index in [1.165, 1.54) is 0 Å². The second kappa shape index (κ2) is 10.1. The maximum absolute atomic E-state index is 12.8. The number of carbonyl (C=O) groups excluding carboxylic acids is 3. The van der Waals surface area contributed by atoms with E-state index in [1.54, 1.807) is 40.1 Å². The van der Waals surface area contributed by atoms with Gasteiger partial charge in [0.25, 0.3) is 0 Å². The van der Waals surface area contributed by atoms with Gasteiger partial charge >= 0.3 is 11.8 Å². The third kappa shape index (κ3) is 5.23. The van der Waals surface area contributed by atoms with Gasteiger partial charge in [0.05, 0.1) is 11.4 Å². The lowest BCUT2D eigenvalue weighted by molar-refractivity contribution is -0.130. The van der Waals surface area contributed by atoms with Crippen LogP contribution in [0.15, 0.2) is 51.7 Å². The number of ether oxygens (including phenoxy) is 1. The standard InChI is InChI=1S/C25H25ClN4O6/c26-17-3-1-15(2-4-17)14-35-25(34)29-9-7-19(8-10-29)30-13-16(11-22(30)31)23(32)27-18-5-6-20-21(12-18)36-24(33)28-20/h1-6,12,16,19H,7-11,13-14H2,(H,27,32)(H,28,33). The molecule has 1 unspecified atom stereocenters. The molecule has 3 aromatic rings. The monoisotopic (exact) mass is 512 g/mol. The molecule has 1 atom stereocenters. The number of anilines is 1. The summed E-state index contributed by atoms with van der Waals surface area (Å²) >= 11 is 5.88. The summed E-state index contributed by atoms with van der Waals surface area (Å²) in [7, 11) is 0. The Morgan fingerprint density at radius 1 is 1.11 bits per heavy atom. The molecule has 0 spiro atoms. The van der Waals surface area contributed by atoms with Crippen LogP contribution in [0.5, 0.6) is 0 Å². The summed E-state index contributed by atoms with van der Waals surface area (Å²) in [6.07, 6.45) is 0.999. The van der Waals surface area contributed by atoms with Crippen molar-refractivity contribution in [3.8, 4) is 0 Å². The van der Waals surface area contributed by atoms with Crippen LogP contribution < -0.4 is 11.1 Å². The topological polar surface area (TPSA) is 125 Å². The lowest BCUT2D eigenvalue weighted by Crippen LogP contribution is -2.47. The molecule has 5 rings (SSSR count). The number of aromatic amines is 1. The van der Waals surface area contributed by atoms with Gasteiger partial charge in [-0.1, -0.05) is 23.7 Å². The number of nitrogens with one attached hydrogen (secondary N) is 2. The highest BCUT2D eigenvalue weighted by Gasteiger charge is 2.39. The van der Waals surface area contributed by atoms with Gasteiger partial charge in [-0.25, -0.2) is 9.59 Å². The summed E-state index contributed by atoms with van der Waals surface area (Å²) in [5.41, 5.74) is 2.24. The fourth-order valence-electron chi connectivity index (χ4n) is 4.70. The number of halogens is 1. The van der Waals surface area contributed by atoms with E-state index in [1.807, 2.05) is 12.1 Å². The normalized spacial score (nSPS) is 18.6. The minimum absolute atomic E-state index is 0.0268. The van der Waals surface area contributed by atoms with Crippen molar-refractivity contribution in [3.05, 3.63) is 63.6 Å². The van der Waals surface area contributed by atoms with Crippen molar-refractivity contribution < 1.29 is 23.5 Å². The van der Waals surface area contributed by atoms with E-state index in [-0.39, 0.29) is 37.0 Å². The number of hydrogen-bond acceptors (Lipinski definition) is 6. The highest BCUT2D eigenvalue weighted by molar-refractivity contribution is 6.30. The van der Waals surface area contributed by atoms with Gasteiger partial charge in [0, 0.05) is 48.9 Å². The molecule has 10 nitrogen and oxygen atoms in total. The van der Waals surface area contributed by atoms with Gasteiger partial charge in [0.1, 0.15) is 6.61 Å². The highest BCUT2D eigenvalue weighted by atomic mass is 35.5. The summed E-state index contributed by atoms with van der Waals surface area (Å²) in [4.78, 5) is 55.2. The molecule has 3 amide bonds. The second-order valence-corrected chi connectivity index (χ2v) is 9.50. The van der Waals surface area contributed by atoms with Gasteiger partial charge in [-0.15, -0.1) is 0 Å². The van der Waals surface area contributed by atoms with Crippen LogP contribution in [0.4, 0.5) is 10.5 Å². The van der Waals surface area contributed by atoms with Gasteiger partial charge in [-0.3, -0.25) is 14.6 Å². The number of benzene rings is 2. The van der Waals surface area contributed by atoms with Crippen LogP contribution in [-0.2, 0) is 20.9 Å². The zero-order chi connectivity index (χ0) is 25.2. The Kier molecular flexibility index (Phi) is 6.69. The zero-order valence-corrected chi connectivity index (χ0v) is 20.1. The van der Waals surface area contributed by atoms with Gasteiger partial charge in [0.2, 0.25) is 11.8 Å². The number of rotatable bonds is 5. The zero-order valence-electron chi connectivity index (χ0n) is 19.4. The average molecular weight is 513 g/mol. The molecule has 0 bridgehead atoms. The van der Waals surface area contributed by atoms with E-state index in [2.05, 4.69) is 10.3 Å². The molecule has 1 aromatic heterocycles. The number of fused-ring (bicyclic) bond motifs is 1. The smallest absolute Gasteiger partial charge is 0.417 e. The van der Waals surface area contributed by atoms with Crippen LogP contribution in [-0.4, -0.2) is 58.4 Å². The van der Waals surface area contributed by atoms with Crippen molar-refractivity contribution in [1.82, 2.24) is 14.8 Å². The van der Waals surface area contributed by atoms with Gasteiger partial charge < -0.3 is 24.3 Å². The molecule has 11 heteroatoms. The minimum atomic E-state index is -0.564. The highest BCUT2D eigenvalue weighted by Crippen LogP contribution is 2.27. The lowest BCUT2D eigenvalue weighted by atomic mass is 10.0. The number of likely N-dealkylation sites (tertiary alicyclic amines) is 2. The molecule has 2 aliphatic heterocycles. The van der Waals surface area contributed by atoms with Gasteiger partial charge in [-0.2, -0.15) is 0 Å². The van der Waals surface area contributed by atoms with Crippen molar-refractivity contribution in [2.45, 2.75) is 31.9 Å². The molecule has 2 aliphatic rings. The summed E-state index contributed by atoms with van der Waals surface area (Å²) in [6, 6.07) is 12.0. The number of oxazole rings is 1. The molecule has 2 aromatic carbocycles. The van der Waals surface area contributed by atoms with E-state index in [9.17, 15) is 19.2 Å². The van der Waals surface area contributed by atoms with Crippen LogP contribution in [0.2, 0.25) is 5.02 Å². The largest absolute Gasteiger partial charge is 0.445 e. The molecular weight excluding hydrogens is 488 g/mol. The summed E-state index contributed by atoms with van der Waals surface area (Å²) < 4.78 is 10.4.